The molecule has 0 saturated heterocycles. The molecule has 0 radical (unpaired) electrons. The summed E-state index contributed by atoms with van der Waals surface area (Å²) in [5.74, 6) is 0. The van der Waals surface area contributed by atoms with E-state index in [4.69, 9.17) is 17.3 Å². The Bertz CT molecular complexity index is 358. The van der Waals surface area contributed by atoms with Crippen LogP contribution in [0.4, 0.5) is 0 Å². The van der Waals surface area contributed by atoms with Crippen LogP contribution in [0.1, 0.15) is 49.4 Å². The highest BCUT2D eigenvalue weighted by Gasteiger charge is 2.25. The van der Waals surface area contributed by atoms with E-state index in [1.54, 1.807) is 11.3 Å². The van der Waals surface area contributed by atoms with Gasteiger partial charge < -0.3 is 5.73 Å². The number of hydrogen-bond donors (Lipinski definition) is 1. The standard InChI is InChI=1S/C14H23ClN2S/c1-17(11-6-4-2-3-5-7-11)12(10-16)13-8-9-14(15)18-13/h8-9,11-12H,2-7,10,16H2,1H3. The van der Waals surface area contributed by atoms with Crippen molar-refractivity contribution in [2.24, 2.45) is 5.73 Å². The first-order valence-corrected chi connectivity index (χ1v) is 8.09. The van der Waals surface area contributed by atoms with Gasteiger partial charge in [-0.1, -0.05) is 37.3 Å². The minimum atomic E-state index is 0.325. The van der Waals surface area contributed by atoms with Gasteiger partial charge in [-0.25, -0.2) is 0 Å². The molecule has 0 bridgehead atoms. The molecule has 0 aliphatic heterocycles. The Kier molecular flexibility index (Phi) is 5.49. The molecular formula is C14H23ClN2S. The van der Waals surface area contributed by atoms with E-state index in [1.165, 1.54) is 43.4 Å². The number of halogens is 1. The van der Waals surface area contributed by atoms with Crippen molar-refractivity contribution in [2.45, 2.75) is 50.6 Å². The Morgan fingerprint density at radius 2 is 2.00 bits per heavy atom. The second-order valence-corrected chi connectivity index (χ2v) is 6.95. The first kappa shape index (κ1) is 14.3. The maximum Gasteiger partial charge on any atom is 0.0931 e. The van der Waals surface area contributed by atoms with Gasteiger partial charge in [0.15, 0.2) is 0 Å². The lowest BCUT2D eigenvalue weighted by Gasteiger charge is -2.33. The van der Waals surface area contributed by atoms with E-state index in [2.05, 4.69) is 18.0 Å². The summed E-state index contributed by atoms with van der Waals surface area (Å²) >= 11 is 7.70. The zero-order chi connectivity index (χ0) is 13.0. The van der Waals surface area contributed by atoms with Crippen LogP contribution < -0.4 is 5.73 Å². The molecule has 1 unspecified atom stereocenters. The lowest BCUT2D eigenvalue weighted by atomic mass is 10.0. The van der Waals surface area contributed by atoms with Crippen LogP contribution >= 0.6 is 22.9 Å². The third kappa shape index (κ3) is 3.47. The molecule has 1 heterocycles. The van der Waals surface area contributed by atoms with Gasteiger partial charge in [-0.2, -0.15) is 0 Å². The van der Waals surface area contributed by atoms with Crippen molar-refractivity contribution in [1.82, 2.24) is 4.90 Å². The summed E-state index contributed by atoms with van der Waals surface area (Å²) in [5.41, 5.74) is 5.98. The van der Waals surface area contributed by atoms with E-state index in [0.717, 1.165) is 4.34 Å². The average Bonchev–Trinajstić information content (AvgIpc) is 2.65. The third-order valence-electron chi connectivity index (χ3n) is 4.04. The number of nitrogens with zero attached hydrogens (tertiary/aromatic N) is 1. The lowest BCUT2D eigenvalue weighted by Crippen LogP contribution is -2.38. The van der Waals surface area contributed by atoms with Crippen molar-refractivity contribution in [3.8, 4) is 0 Å². The molecule has 1 aromatic heterocycles. The number of rotatable bonds is 4. The fourth-order valence-corrected chi connectivity index (χ4v) is 4.14. The predicted molar refractivity (Wildman–Crippen MR) is 80.4 cm³/mol. The fraction of sp³-hybridized carbons (Fsp3) is 0.714. The van der Waals surface area contributed by atoms with Crippen molar-refractivity contribution in [1.29, 1.82) is 0 Å². The maximum absolute atomic E-state index is 6.04. The summed E-state index contributed by atoms with van der Waals surface area (Å²) in [5, 5.41) is 0. The van der Waals surface area contributed by atoms with Crippen molar-refractivity contribution in [3.05, 3.63) is 21.3 Å². The Morgan fingerprint density at radius 1 is 1.33 bits per heavy atom. The molecule has 1 atom stereocenters. The molecule has 102 valence electrons. The molecule has 0 spiro atoms. The minimum Gasteiger partial charge on any atom is -0.329 e. The van der Waals surface area contributed by atoms with Crippen LogP contribution in [0.5, 0.6) is 0 Å². The second kappa shape index (κ2) is 6.90. The largest absolute Gasteiger partial charge is 0.329 e. The Labute approximate surface area is 119 Å². The van der Waals surface area contributed by atoms with Gasteiger partial charge in [-0.3, -0.25) is 4.90 Å². The molecule has 1 aliphatic rings. The van der Waals surface area contributed by atoms with Crippen molar-refractivity contribution in [3.63, 3.8) is 0 Å². The van der Waals surface area contributed by atoms with E-state index < -0.39 is 0 Å². The van der Waals surface area contributed by atoms with Crippen molar-refractivity contribution in [2.75, 3.05) is 13.6 Å². The summed E-state index contributed by atoms with van der Waals surface area (Å²) in [4.78, 5) is 3.78. The molecule has 0 amide bonds. The van der Waals surface area contributed by atoms with E-state index in [0.29, 0.717) is 18.6 Å². The monoisotopic (exact) mass is 286 g/mol. The molecular weight excluding hydrogens is 264 g/mol. The van der Waals surface area contributed by atoms with E-state index in [-0.39, 0.29) is 0 Å². The van der Waals surface area contributed by atoms with Gasteiger partial charge in [0.25, 0.3) is 0 Å². The Morgan fingerprint density at radius 3 is 2.50 bits per heavy atom. The molecule has 18 heavy (non-hydrogen) atoms. The van der Waals surface area contributed by atoms with Gasteiger partial charge in [0, 0.05) is 17.5 Å². The predicted octanol–water partition coefficient (Wildman–Crippen LogP) is 4.06. The minimum absolute atomic E-state index is 0.325. The number of hydrogen-bond acceptors (Lipinski definition) is 3. The van der Waals surface area contributed by atoms with Gasteiger partial charge in [0.2, 0.25) is 0 Å². The second-order valence-electron chi connectivity index (χ2n) is 5.20. The Hall–Kier alpha value is -0.0900. The van der Waals surface area contributed by atoms with E-state index in [9.17, 15) is 0 Å². The average molecular weight is 287 g/mol. The summed E-state index contributed by atoms with van der Waals surface area (Å²) in [6.07, 6.45) is 8.12. The van der Waals surface area contributed by atoms with Gasteiger partial charge in [0.05, 0.1) is 10.4 Å². The highest BCUT2D eigenvalue weighted by molar-refractivity contribution is 7.16. The number of nitrogens with two attached hydrogens (primary N) is 1. The van der Waals surface area contributed by atoms with Crippen LogP contribution in [0.3, 0.4) is 0 Å². The van der Waals surface area contributed by atoms with Crippen LogP contribution in [0.25, 0.3) is 0 Å². The molecule has 2 N–H and O–H groups in total. The van der Waals surface area contributed by atoms with Gasteiger partial charge >= 0.3 is 0 Å². The van der Waals surface area contributed by atoms with Gasteiger partial charge in [-0.15, -0.1) is 11.3 Å². The maximum atomic E-state index is 6.04. The smallest absolute Gasteiger partial charge is 0.0931 e. The molecule has 1 saturated carbocycles. The third-order valence-corrected chi connectivity index (χ3v) is 5.37. The van der Waals surface area contributed by atoms with Gasteiger partial charge in [-0.05, 0) is 32.0 Å². The topological polar surface area (TPSA) is 29.3 Å². The van der Waals surface area contributed by atoms with E-state index in [1.807, 2.05) is 6.07 Å². The molecule has 1 aliphatic carbocycles. The molecule has 4 heteroatoms. The zero-order valence-electron chi connectivity index (χ0n) is 11.1. The lowest BCUT2D eigenvalue weighted by molar-refractivity contribution is 0.163. The quantitative estimate of drug-likeness (QED) is 0.846. The molecule has 1 fully saturated rings. The summed E-state index contributed by atoms with van der Waals surface area (Å²) in [6.45, 7) is 0.670. The molecule has 1 aromatic rings. The van der Waals surface area contributed by atoms with Crippen LogP contribution in [0.15, 0.2) is 12.1 Å². The molecule has 2 nitrogen and oxygen atoms in total. The summed E-state index contributed by atoms with van der Waals surface area (Å²) < 4.78 is 0.859. The van der Waals surface area contributed by atoms with Crippen LogP contribution in [0, 0.1) is 0 Å². The Balaban J connectivity index is 2.06. The van der Waals surface area contributed by atoms with Crippen molar-refractivity contribution >= 4 is 22.9 Å². The van der Waals surface area contributed by atoms with Crippen LogP contribution in [-0.4, -0.2) is 24.5 Å². The highest BCUT2D eigenvalue weighted by Crippen LogP contribution is 2.32. The molecule has 2 rings (SSSR count). The first-order chi connectivity index (χ1) is 8.72. The van der Waals surface area contributed by atoms with E-state index >= 15 is 0 Å². The van der Waals surface area contributed by atoms with Crippen LogP contribution in [0.2, 0.25) is 4.34 Å². The normalized spacial score (nSPS) is 20.0. The summed E-state index contributed by atoms with van der Waals surface area (Å²) in [6, 6.07) is 5.11. The number of thiophene rings is 1. The SMILES string of the molecule is CN(C1CCCCCC1)C(CN)c1ccc(Cl)s1. The van der Waals surface area contributed by atoms with Crippen LogP contribution in [-0.2, 0) is 0 Å². The molecule has 0 aromatic carbocycles. The summed E-state index contributed by atoms with van der Waals surface area (Å²) in [7, 11) is 2.22. The zero-order valence-corrected chi connectivity index (χ0v) is 12.6. The highest BCUT2D eigenvalue weighted by atomic mass is 35.5. The number of likely N-dealkylation sites (N-methyl/N-ethyl adjacent to an activating group) is 1. The first-order valence-electron chi connectivity index (χ1n) is 6.89. The van der Waals surface area contributed by atoms with Gasteiger partial charge in [0.1, 0.15) is 0 Å². The fourth-order valence-electron chi connectivity index (χ4n) is 2.91. The van der Waals surface area contributed by atoms with Crippen molar-refractivity contribution < 1.29 is 0 Å².